The average molecular weight is 222 g/mol. The van der Waals surface area contributed by atoms with Crippen molar-refractivity contribution in [1.29, 1.82) is 0 Å². The molecule has 6 heteroatoms. The van der Waals surface area contributed by atoms with Crippen molar-refractivity contribution in [1.82, 2.24) is 0 Å². The van der Waals surface area contributed by atoms with Crippen LogP contribution in [0.25, 0.3) is 0 Å². The van der Waals surface area contributed by atoms with Crippen LogP contribution in [0.2, 0.25) is 0 Å². The Hall–Kier alpha value is -0.620. The topological polar surface area (TPSA) is 80.7 Å². The zero-order chi connectivity index (χ0) is 11.0. The predicted octanol–water partition coefficient (Wildman–Crippen LogP) is -0.0892. The molecule has 2 atom stereocenters. The van der Waals surface area contributed by atoms with E-state index in [0.717, 1.165) is 0 Å². The lowest BCUT2D eigenvalue weighted by molar-refractivity contribution is -0.145. The van der Waals surface area contributed by atoms with Crippen LogP contribution in [0.4, 0.5) is 0 Å². The van der Waals surface area contributed by atoms with E-state index in [0.29, 0.717) is 0 Å². The van der Waals surface area contributed by atoms with Gasteiger partial charge in [0.1, 0.15) is 5.41 Å². The van der Waals surface area contributed by atoms with E-state index < -0.39 is 26.5 Å². The fraction of sp³-hybridized carbons (Fsp3) is 0.875. The van der Waals surface area contributed by atoms with Gasteiger partial charge in [-0.3, -0.25) is 4.79 Å². The van der Waals surface area contributed by atoms with Gasteiger partial charge in [-0.25, -0.2) is 8.42 Å². The molecule has 1 saturated carbocycles. The summed E-state index contributed by atoms with van der Waals surface area (Å²) in [6.07, 6.45) is 0.173. The second kappa shape index (κ2) is 3.51. The lowest BCUT2D eigenvalue weighted by atomic mass is 10.1. The number of carbonyl (C=O) groups is 1. The van der Waals surface area contributed by atoms with E-state index in [1.165, 1.54) is 14.0 Å². The van der Waals surface area contributed by atoms with Crippen molar-refractivity contribution in [3.63, 3.8) is 0 Å². The molecule has 0 amide bonds. The van der Waals surface area contributed by atoms with Gasteiger partial charge in [0, 0.05) is 12.9 Å². The number of rotatable bonds is 5. The van der Waals surface area contributed by atoms with Crippen LogP contribution in [0.5, 0.6) is 0 Å². The Labute approximate surface area is 83.0 Å². The fourth-order valence-corrected chi connectivity index (χ4v) is 3.45. The van der Waals surface area contributed by atoms with E-state index in [1.807, 2.05) is 0 Å². The summed E-state index contributed by atoms with van der Waals surface area (Å²) < 4.78 is 27.6. The molecule has 0 saturated heterocycles. The Bertz CT molecular complexity index is 334. The van der Waals surface area contributed by atoms with Crippen LogP contribution in [0.15, 0.2) is 0 Å². The highest BCUT2D eigenvalue weighted by molar-refractivity contribution is 7.92. The summed E-state index contributed by atoms with van der Waals surface area (Å²) in [6, 6.07) is 0. The number of hydrogen-bond acceptors (Lipinski definition) is 4. The van der Waals surface area contributed by atoms with Crippen LogP contribution < -0.4 is 0 Å². The Balaban J connectivity index is 2.86. The van der Waals surface area contributed by atoms with Crippen LogP contribution in [0, 0.1) is 5.41 Å². The number of sulfone groups is 1. The Kier molecular flexibility index (Phi) is 2.87. The highest BCUT2D eigenvalue weighted by Gasteiger charge is 2.66. The predicted molar refractivity (Wildman–Crippen MR) is 49.8 cm³/mol. The molecule has 14 heavy (non-hydrogen) atoms. The third-order valence-electron chi connectivity index (χ3n) is 2.67. The molecule has 0 unspecified atom stereocenters. The molecule has 1 aliphatic rings. The van der Waals surface area contributed by atoms with Gasteiger partial charge < -0.3 is 9.84 Å². The van der Waals surface area contributed by atoms with Crippen LogP contribution in [0.3, 0.4) is 0 Å². The van der Waals surface area contributed by atoms with Gasteiger partial charge in [-0.2, -0.15) is 0 Å². The number of carboxylic acid groups (broad SMARTS) is 1. The summed E-state index contributed by atoms with van der Waals surface area (Å²) in [4.78, 5) is 10.9. The zero-order valence-electron chi connectivity index (χ0n) is 8.19. The van der Waals surface area contributed by atoms with Gasteiger partial charge in [-0.15, -0.1) is 0 Å². The first-order valence-electron chi connectivity index (χ1n) is 4.34. The van der Waals surface area contributed by atoms with E-state index >= 15 is 0 Å². The quantitative estimate of drug-likeness (QED) is 0.703. The highest BCUT2D eigenvalue weighted by atomic mass is 32.2. The molecule has 1 fully saturated rings. The minimum absolute atomic E-state index is 0.0174. The molecular formula is C8H14O5S. The Morgan fingerprint density at radius 2 is 2.21 bits per heavy atom. The summed E-state index contributed by atoms with van der Waals surface area (Å²) >= 11 is 0. The SMILES string of the molecule is CCS(=O)(=O)[C@@H]1C[C@@]1(COC)C(=O)O. The molecule has 0 aromatic heterocycles. The fourth-order valence-electron chi connectivity index (χ4n) is 1.64. The maximum atomic E-state index is 11.4. The minimum Gasteiger partial charge on any atom is -0.481 e. The molecule has 82 valence electrons. The normalized spacial score (nSPS) is 31.4. The first-order valence-corrected chi connectivity index (χ1v) is 6.06. The molecule has 5 nitrogen and oxygen atoms in total. The van der Waals surface area contributed by atoms with Gasteiger partial charge in [0.2, 0.25) is 0 Å². The molecule has 0 aromatic rings. The van der Waals surface area contributed by atoms with Crippen LogP contribution in [0.1, 0.15) is 13.3 Å². The largest absolute Gasteiger partial charge is 0.481 e. The molecule has 0 bridgehead atoms. The number of hydrogen-bond donors (Lipinski definition) is 1. The first-order chi connectivity index (χ1) is 6.40. The summed E-state index contributed by atoms with van der Waals surface area (Å²) in [7, 11) is -1.89. The van der Waals surface area contributed by atoms with Gasteiger partial charge >= 0.3 is 5.97 Å². The third-order valence-corrected chi connectivity index (χ3v) is 4.96. The van der Waals surface area contributed by atoms with Crippen LogP contribution >= 0.6 is 0 Å². The van der Waals surface area contributed by atoms with Gasteiger partial charge in [-0.05, 0) is 6.42 Å². The standard InChI is InChI=1S/C8H14O5S/c1-3-14(11,12)6-4-8(6,5-13-2)7(9)10/h6H,3-5H2,1-2H3,(H,9,10)/t6-,8+/m1/s1. The van der Waals surface area contributed by atoms with Gasteiger partial charge in [0.15, 0.2) is 9.84 Å². The van der Waals surface area contributed by atoms with Crippen molar-refractivity contribution >= 4 is 15.8 Å². The summed E-state index contributed by atoms with van der Waals surface area (Å²) in [5.74, 6) is -1.10. The van der Waals surface area contributed by atoms with Gasteiger partial charge in [0.05, 0.1) is 11.9 Å². The molecule has 0 aliphatic heterocycles. The average Bonchev–Trinajstić information content (AvgIpc) is 2.82. The van der Waals surface area contributed by atoms with Crippen molar-refractivity contribution in [3.8, 4) is 0 Å². The summed E-state index contributed by atoms with van der Waals surface area (Å²) in [6.45, 7) is 1.49. The van der Waals surface area contributed by atoms with E-state index in [2.05, 4.69) is 0 Å². The smallest absolute Gasteiger partial charge is 0.313 e. The number of ether oxygens (including phenoxy) is 1. The Morgan fingerprint density at radius 1 is 1.64 bits per heavy atom. The molecule has 0 spiro atoms. The van der Waals surface area contributed by atoms with E-state index in [9.17, 15) is 13.2 Å². The van der Waals surface area contributed by atoms with E-state index in [4.69, 9.17) is 9.84 Å². The molecule has 0 aromatic carbocycles. The van der Waals surface area contributed by atoms with Gasteiger partial charge in [0.25, 0.3) is 0 Å². The lowest BCUT2D eigenvalue weighted by Crippen LogP contribution is -2.28. The van der Waals surface area contributed by atoms with E-state index in [-0.39, 0.29) is 18.8 Å². The van der Waals surface area contributed by atoms with Crippen molar-refractivity contribution in [2.45, 2.75) is 18.6 Å². The van der Waals surface area contributed by atoms with E-state index in [1.54, 1.807) is 0 Å². The first kappa shape index (κ1) is 11.5. The van der Waals surface area contributed by atoms with Crippen molar-refractivity contribution in [3.05, 3.63) is 0 Å². The number of aliphatic carboxylic acids is 1. The molecular weight excluding hydrogens is 208 g/mol. The molecule has 1 rings (SSSR count). The Morgan fingerprint density at radius 3 is 2.57 bits per heavy atom. The van der Waals surface area contributed by atoms with Gasteiger partial charge in [-0.1, -0.05) is 6.92 Å². The van der Waals surface area contributed by atoms with Crippen LogP contribution in [-0.2, 0) is 19.4 Å². The maximum absolute atomic E-state index is 11.4. The molecule has 1 aliphatic carbocycles. The molecule has 0 heterocycles. The maximum Gasteiger partial charge on any atom is 0.313 e. The number of methoxy groups -OCH3 is 1. The minimum atomic E-state index is -3.26. The van der Waals surface area contributed by atoms with Crippen molar-refractivity contribution in [2.75, 3.05) is 19.5 Å². The van der Waals surface area contributed by atoms with Crippen molar-refractivity contribution < 1.29 is 23.1 Å². The monoisotopic (exact) mass is 222 g/mol. The zero-order valence-corrected chi connectivity index (χ0v) is 9.00. The van der Waals surface area contributed by atoms with Crippen molar-refractivity contribution in [2.24, 2.45) is 5.41 Å². The van der Waals surface area contributed by atoms with Crippen LogP contribution in [-0.4, -0.2) is 44.2 Å². The second-order valence-electron chi connectivity index (χ2n) is 3.54. The lowest BCUT2D eigenvalue weighted by Gasteiger charge is -2.10. The number of carboxylic acids is 1. The summed E-state index contributed by atoms with van der Waals surface area (Å²) in [5.41, 5.74) is -1.19. The second-order valence-corrected chi connectivity index (χ2v) is 6.01. The summed E-state index contributed by atoms with van der Waals surface area (Å²) in [5, 5.41) is 8.15. The highest BCUT2D eigenvalue weighted by Crippen LogP contribution is 2.51. The molecule has 1 N–H and O–H groups in total. The third kappa shape index (κ3) is 1.64. The molecule has 0 radical (unpaired) electrons.